The number of fused-ring (bicyclic) bond motifs is 2. The van der Waals surface area contributed by atoms with Crippen LogP contribution in [-0.4, -0.2) is 22.5 Å². The largest absolute Gasteiger partial charge is 0.492 e. The third kappa shape index (κ3) is 2.71. The van der Waals surface area contributed by atoms with E-state index in [0.29, 0.717) is 5.69 Å². The van der Waals surface area contributed by atoms with Crippen LogP contribution in [0.2, 0.25) is 0 Å². The van der Waals surface area contributed by atoms with Crippen LogP contribution in [0.15, 0.2) is 48.7 Å². The minimum absolute atomic E-state index is 0.437. The molecule has 0 aliphatic carbocycles. The first-order valence-electron chi connectivity index (χ1n) is 8.75. The zero-order valence-electron chi connectivity index (χ0n) is 14.9. The van der Waals surface area contributed by atoms with Crippen LogP contribution in [0.4, 0.5) is 0 Å². The maximum absolute atomic E-state index is 11.6. The number of nitrogens with two attached hydrogens (primary N) is 1. The molecule has 1 amide bonds. The smallest absolute Gasteiger partial charge is 0.423 e. The van der Waals surface area contributed by atoms with Crippen LogP contribution in [0.3, 0.4) is 0 Å². The Morgan fingerprint density at radius 2 is 2.04 bits per heavy atom. The Hall–Kier alpha value is -2.57. The Morgan fingerprint density at radius 3 is 2.81 bits per heavy atom. The quantitative estimate of drug-likeness (QED) is 0.706. The highest BCUT2D eigenvalue weighted by Crippen LogP contribution is 2.30. The highest BCUT2D eigenvalue weighted by molar-refractivity contribution is 6.62. The summed E-state index contributed by atoms with van der Waals surface area (Å²) in [4.78, 5) is 11.6. The van der Waals surface area contributed by atoms with Gasteiger partial charge in [0, 0.05) is 11.7 Å². The van der Waals surface area contributed by atoms with Crippen molar-refractivity contribution >= 4 is 24.0 Å². The number of carbonyl (C=O) groups is 1. The minimum atomic E-state index is -0.867. The molecule has 0 fully saturated rings. The van der Waals surface area contributed by atoms with Gasteiger partial charge in [-0.15, -0.1) is 0 Å². The lowest BCUT2D eigenvalue weighted by Gasteiger charge is -2.19. The van der Waals surface area contributed by atoms with Crippen LogP contribution in [0.25, 0.3) is 5.52 Å². The molecule has 1 aliphatic rings. The Morgan fingerprint density at radius 1 is 1.23 bits per heavy atom. The van der Waals surface area contributed by atoms with Gasteiger partial charge in [0.2, 0.25) is 0 Å². The lowest BCUT2D eigenvalue weighted by molar-refractivity contribution is 0.0991. The van der Waals surface area contributed by atoms with Crippen LogP contribution in [0, 0.1) is 0 Å². The van der Waals surface area contributed by atoms with Crippen LogP contribution in [-0.2, 0) is 23.1 Å². The second kappa shape index (κ2) is 6.00. The molecule has 0 saturated heterocycles. The van der Waals surface area contributed by atoms with Gasteiger partial charge >= 0.3 is 7.12 Å². The van der Waals surface area contributed by atoms with Crippen molar-refractivity contribution in [1.29, 1.82) is 0 Å². The number of benzene rings is 1. The second-order valence-electron chi connectivity index (χ2n) is 7.27. The van der Waals surface area contributed by atoms with Crippen molar-refractivity contribution in [3.05, 3.63) is 71.0 Å². The Bertz CT molecular complexity index is 1010. The van der Waals surface area contributed by atoms with Gasteiger partial charge in [-0.05, 0) is 67.0 Å². The predicted molar refractivity (Wildman–Crippen MR) is 101 cm³/mol. The number of hydrogen-bond donors (Lipinski definition) is 2. The number of carbonyl (C=O) groups excluding carboxylic acids is 1. The van der Waals surface area contributed by atoms with Gasteiger partial charge < -0.3 is 19.8 Å². The summed E-state index contributed by atoms with van der Waals surface area (Å²) in [6, 6.07) is 13.8. The first-order chi connectivity index (χ1) is 12.4. The summed E-state index contributed by atoms with van der Waals surface area (Å²) in [7, 11) is -0.867. The lowest BCUT2D eigenvalue weighted by Crippen LogP contribution is -2.28. The van der Waals surface area contributed by atoms with E-state index in [9.17, 15) is 9.82 Å². The van der Waals surface area contributed by atoms with Crippen LogP contribution >= 0.6 is 0 Å². The minimum Gasteiger partial charge on any atom is -0.423 e. The van der Waals surface area contributed by atoms with E-state index in [1.807, 2.05) is 54.8 Å². The van der Waals surface area contributed by atoms with Gasteiger partial charge in [0.25, 0.3) is 5.91 Å². The number of nitrogens with zero attached hydrogens (tertiary/aromatic N) is 1. The van der Waals surface area contributed by atoms with Crippen molar-refractivity contribution in [2.24, 2.45) is 5.73 Å². The molecule has 0 unspecified atom stereocenters. The van der Waals surface area contributed by atoms with Crippen molar-refractivity contribution in [2.75, 3.05) is 0 Å². The summed E-state index contributed by atoms with van der Waals surface area (Å²) in [6.45, 7) is 3.93. The fourth-order valence-corrected chi connectivity index (χ4v) is 3.81. The molecule has 4 rings (SSSR count). The molecule has 0 saturated carbocycles. The Labute approximate surface area is 152 Å². The molecule has 2 aromatic heterocycles. The monoisotopic (exact) mass is 348 g/mol. The summed E-state index contributed by atoms with van der Waals surface area (Å²) in [5.74, 6) is -0.437. The van der Waals surface area contributed by atoms with Gasteiger partial charge in [0.1, 0.15) is 5.69 Å². The fourth-order valence-electron chi connectivity index (χ4n) is 3.81. The van der Waals surface area contributed by atoms with E-state index in [1.54, 1.807) is 6.07 Å². The molecule has 1 aliphatic heterocycles. The average Bonchev–Trinajstić information content (AvgIpc) is 3.11. The zero-order valence-corrected chi connectivity index (χ0v) is 14.9. The Balaban J connectivity index is 1.59. The topological polar surface area (TPSA) is 77.0 Å². The van der Waals surface area contributed by atoms with E-state index in [2.05, 4.69) is 6.07 Å². The average molecular weight is 348 g/mol. The van der Waals surface area contributed by atoms with Gasteiger partial charge in [-0.25, -0.2) is 0 Å². The highest BCUT2D eigenvalue weighted by Gasteiger charge is 2.40. The Kier molecular flexibility index (Phi) is 3.90. The molecule has 0 spiro atoms. The van der Waals surface area contributed by atoms with E-state index >= 15 is 0 Å². The third-order valence-electron chi connectivity index (χ3n) is 5.15. The van der Waals surface area contributed by atoms with E-state index < -0.39 is 18.6 Å². The molecule has 3 aromatic rings. The molecular formula is C20H21BN2O3. The number of pyridine rings is 1. The number of rotatable bonds is 4. The summed E-state index contributed by atoms with van der Waals surface area (Å²) < 4.78 is 7.46. The number of amides is 1. The number of primary amides is 1. The summed E-state index contributed by atoms with van der Waals surface area (Å²) >= 11 is 0. The normalized spacial score (nSPS) is 15.4. The third-order valence-corrected chi connectivity index (χ3v) is 5.15. The van der Waals surface area contributed by atoms with Crippen LogP contribution in [0.5, 0.6) is 0 Å². The molecule has 0 radical (unpaired) electrons. The standard InChI is InChI=1S/C20H21BN2O3/c1-20(2)15-9-7-13(12-16(15)21(25)26-20)6-8-14-10-11-23-17(14)4-3-5-18(23)19(22)24/h3-5,7,9-12,25H,6,8H2,1-2H3,(H2,22,24). The van der Waals surface area contributed by atoms with Gasteiger partial charge in [0.15, 0.2) is 0 Å². The molecule has 132 valence electrons. The first kappa shape index (κ1) is 16.9. The molecule has 3 N–H and O–H groups in total. The lowest BCUT2D eigenvalue weighted by atomic mass is 9.77. The van der Waals surface area contributed by atoms with Gasteiger partial charge in [-0.3, -0.25) is 4.79 Å². The van der Waals surface area contributed by atoms with E-state index in [1.165, 1.54) is 0 Å². The maximum atomic E-state index is 11.6. The van der Waals surface area contributed by atoms with Gasteiger partial charge in [0.05, 0.1) is 5.60 Å². The molecular weight excluding hydrogens is 327 g/mol. The van der Waals surface area contributed by atoms with Crippen molar-refractivity contribution in [3.63, 3.8) is 0 Å². The summed E-state index contributed by atoms with van der Waals surface area (Å²) in [5, 5.41) is 10.1. The van der Waals surface area contributed by atoms with E-state index in [0.717, 1.165) is 40.5 Å². The predicted octanol–water partition coefficient (Wildman–Crippen LogP) is 1.78. The van der Waals surface area contributed by atoms with E-state index in [-0.39, 0.29) is 0 Å². The molecule has 1 aromatic carbocycles. The fraction of sp³-hybridized carbons (Fsp3) is 0.250. The molecule has 5 nitrogen and oxygen atoms in total. The molecule has 26 heavy (non-hydrogen) atoms. The SMILES string of the molecule is CC1(C)OB(O)c2cc(CCc3ccn4c(C(N)=O)cccc34)ccc21. The van der Waals surface area contributed by atoms with Crippen molar-refractivity contribution in [2.45, 2.75) is 32.3 Å². The maximum Gasteiger partial charge on any atom is 0.492 e. The van der Waals surface area contributed by atoms with E-state index in [4.69, 9.17) is 10.4 Å². The number of hydrogen-bond acceptors (Lipinski definition) is 3. The van der Waals surface area contributed by atoms with Gasteiger partial charge in [-0.1, -0.05) is 24.3 Å². The van der Waals surface area contributed by atoms with Gasteiger partial charge in [-0.2, -0.15) is 0 Å². The second-order valence-corrected chi connectivity index (χ2v) is 7.27. The molecule has 0 atom stereocenters. The van der Waals surface area contributed by atoms with Crippen molar-refractivity contribution in [3.8, 4) is 0 Å². The summed E-state index contributed by atoms with van der Waals surface area (Å²) in [5.41, 5.74) is 10.7. The highest BCUT2D eigenvalue weighted by atomic mass is 16.5. The van der Waals surface area contributed by atoms with Crippen LogP contribution < -0.4 is 11.2 Å². The molecule has 3 heterocycles. The number of aryl methyl sites for hydroxylation is 2. The molecule has 0 bridgehead atoms. The first-order valence-corrected chi connectivity index (χ1v) is 8.75. The molecule has 6 heteroatoms. The van der Waals surface area contributed by atoms with Crippen LogP contribution in [0.1, 0.15) is 41.0 Å². The van der Waals surface area contributed by atoms with Crippen molar-refractivity contribution in [1.82, 2.24) is 4.40 Å². The summed E-state index contributed by atoms with van der Waals surface area (Å²) in [6.07, 6.45) is 3.55. The van der Waals surface area contributed by atoms with Crippen molar-refractivity contribution < 1.29 is 14.5 Å². The zero-order chi connectivity index (χ0) is 18.5. The number of aromatic nitrogens is 1.